The van der Waals surface area contributed by atoms with Gasteiger partial charge >= 0.3 is 0 Å². The first-order valence-electron chi connectivity index (χ1n) is 9.51. The van der Waals surface area contributed by atoms with Crippen molar-refractivity contribution in [2.24, 2.45) is 0 Å². The highest BCUT2D eigenvalue weighted by molar-refractivity contribution is 7.91. The molecule has 0 saturated carbocycles. The summed E-state index contributed by atoms with van der Waals surface area (Å²) in [6.45, 7) is 0.908. The number of anilines is 1. The molecule has 0 spiro atoms. The highest BCUT2D eigenvalue weighted by Crippen LogP contribution is 2.28. The van der Waals surface area contributed by atoms with Gasteiger partial charge in [0.05, 0.1) is 5.69 Å². The van der Waals surface area contributed by atoms with Crippen LogP contribution >= 0.6 is 22.9 Å². The molecule has 1 aromatic carbocycles. The van der Waals surface area contributed by atoms with Crippen molar-refractivity contribution in [3.05, 3.63) is 59.1 Å². The molecule has 11 heteroatoms. The average Bonchev–Trinajstić information content (AvgIpc) is 3.42. The normalized spacial score (nSPS) is 12.0. The van der Waals surface area contributed by atoms with Crippen molar-refractivity contribution in [3.63, 3.8) is 0 Å². The lowest BCUT2D eigenvalue weighted by Crippen LogP contribution is -2.28. The van der Waals surface area contributed by atoms with E-state index in [1.165, 1.54) is 15.6 Å². The molecule has 158 valence electrons. The molecule has 1 N–H and O–H groups in total. The zero-order chi connectivity index (χ0) is 22.0. The molecule has 0 saturated heterocycles. The Morgan fingerprint density at radius 1 is 1.26 bits per heavy atom. The number of hydrogen-bond acceptors (Lipinski definition) is 6. The molecule has 31 heavy (non-hydrogen) atoms. The van der Waals surface area contributed by atoms with Crippen molar-refractivity contribution >= 4 is 57.7 Å². The molecule has 0 unspecified atom stereocenters. The zero-order valence-corrected chi connectivity index (χ0v) is 19.1. The lowest BCUT2D eigenvalue weighted by molar-refractivity contribution is 0.467. The van der Waals surface area contributed by atoms with Gasteiger partial charge in [0.15, 0.2) is 5.65 Å². The van der Waals surface area contributed by atoms with Crippen LogP contribution in [0.25, 0.3) is 16.9 Å². The minimum atomic E-state index is -3.45. The molecule has 0 fully saturated rings. The summed E-state index contributed by atoms with van der Waals surface area (Å²) in [6.07, 6.45) is 2.15. The van der Waals surface area contributed by atoms with E-state index in [0.717, 1.165) is 5.56 Å². The van der Waals surface area contributed by atoms with Gasteiger partial charge in [-0.15, -0.1) is 11.3 Å². The van der Waals surface area contributed by atoms with Gasteiger partial charge in [0.1, 0.15) is 17.9 Å². The second-order valence-corrected chi connectivity index (χ2v) is 10.5. The van der Waals surface area contributed by atoms with Crippen molar-refractivity contribution in [2.45, 2.75) is 10.6 Å². The van der Waals surface area contributed by atoms with Gasteiger partial charge in [0.25, 0.3) is 10.0 Å². The maximum atomic E-state index is 12.5. The molecule has 3 aromatic heterocycles. The topological polar surface area (TPSA) is 79.6 Å². The second kappa shape index (κ2) is 9.00. The molecule has 2 radical (unpaired) electrons. The lowest BCUT2D eigenvalue weighted by Gasteiger charge is -2.16. The van der Waals surface area contributed by atoms with Crippen LogP contribution < -0.4 is 10.8 Å². The fraction of sp³-hybridized carbons (Fsp3) is 0.200. The number of halogens is 1. The minimum absolute atomic E-state index is 0.343. The number of aromatic nitrogens is 3. The minimum Gasteiger partial charge on any atom is -0.370 e. The number of sulfonamides is 1. The number of fused-ring (bicyclic) bond motifs is 1. The van der Waals surface area contributed by atoms with Crippen molar-refractivity contribution in [1.82, 2.24) is 18.9 Å². The van der Waals surface area contributed by atoms with Crippen LogP contribution in [0.4, 0.5) is 5.82 Å². The number of hydrogen-bond donors (Lipinski definition) is 1. The molecular formula is C20H19BClN5O2S2. The highest BCUT2D eigenvalue weighted by atomic mass is 35.5. The summed E-state index contributed by atoms with van der Waals surface area (Å²) in [5.41, 5.74) is 2.44. The predicted octanol–water partition coefficient (Wildman–Crippen LogP) is 3.03. The van der Waals surface area contributed by atoms with E-state index in [1.807, 2.05) is 24.3 Å². The van der Waals surface area contributed by atoms with E-state index in [-0.39, 0.29) is 0 Å². The van der Waals surface area contributed by atoms with Crippen LogP contribution in [-0.2, 0) is 10.0 Å². The number of rotatable bonds is 8. The first kappa shape index (κ1) is 21.8. The molecular weight excluding hydrogens is 453 g/mol. The summed E-state index contributed by atoms with van der Waals surface area (Å²) in [5, 5.41) is 9.95. The van der Waals surface area contributed by atoms with Gasteiger partial charge in [0, 0.05) is 43.0 Å². The Kier molecular flexibility index (Phi) is 6.33. The number of thiophene rings is 1. The summed E-state index contributed by atoms with van der Waals surface area (Å²) in [5.74, 6) is 0.695. The third-order valence-electron chi connectivity index (χ3n) is 4.76. The average molecular weight is 472 g/mol. The van der Waals surface area contributed by atoms with E-state index in [1.54, 1.807) is 41.3 Å². The Hall–Kier alpha value is -2.40. The van der Waals surface area contributed by atoms with Gasteiger partial charge in [-0.25, -0.2) is 17.7 Å². The monoisotopic (exact) mass is 471 g/mol. The van der Waals surface area contributed by atoms with Gasteiger partial charge in [-0.2, -0.15) is 9.61 Å². The van der Waals surface area contributed by atoms with E-state index in [9.17, 15) is 8.42 Å². The van der Waals surface area contributed by atoms with Gasteiger partial charge in [-0.1, -0.05) is 35.9 Å². The van der Waals surface area contributed by atoms with Crippen LogP contribution in [0.3, 0.4) is 0 Å². The van der Waals surface area contributed by atoms with Crippen LogP contribution in [0.5, 0.6) is 0 Å². The van der Waals surface area contributed by atoms with Gasteiger partial charge in [-0.3, -0.25) is 0 Å². The Labute approximate surface area is 191 Å². The van der Waals surface area contributed by atoms with E-state index in [2.05, 4.69) is 15.4 Å². The van der Waals surface area contributed by atoms with Crippen LogP contribution in [0.2, 0.25) is 5.02 Å². The van der Waals surface area contributed by atoms with E-state index < -0.39 is 10.0 Å². The third-order valence-corrected chi connectivity index (χ3v) is 8.32. The summed E-state index contributed by atoms with van der Waals surface area (Å²) in [6, 6.07) is 12.6. The Morgan fingerprint density at radius 2 is 2.06 bits per heavy atom. The molecule has 7 nitrogen and oxygen atoms in total. The quantitative estimate of drug-likeness (QED) is 0.316. The van der Waals surface area contributed by atoms with Crippen LogP contribution in [0.15, 0.2) is 58.3 Å². The van der Waals surface area contributed by atoms with Crippen molar-refractivity contribution < 1.29 is 8.42 Å². The fourth-order valence-electron chi connectivity index (χ4n) is 3.11. The van der Waals surface area contributed by atoms with Crippen LogP contribution in [0.1, 0.15) is 6.42 Å². The van der Waals surface area contributed by atoms with Gasteiger partial charge in [-0.05, 0) is 29.4 Å². The number of nitrogens with one attached hydrogen (secondary N) is 1. The van der Waals surface area contributed by atoms with Crippen LogP contribution in [-0.4, -0.2) is 55.3 Å². The smallest absolute Gasteiger partial charge is 0.252 e. The number of benzene rings is 1. The molecule has 0 amide bonds. The van der Waals surface area contributed by atoms with Gasteiger partial charge in [0.2, 0.25) is 0 Å². The first-order chi connectivity index (χ1) is 14.9. The zero-order valence-electron chi connectivity index (χ0n) is 16.7. The third kappa shape index (κ3) is 4.47. The molecule has 4 rings (SSSR count). The largest absolute Gasteiger partial charge is 0.370 e. The van der Waals surface area contributed by atoms with E-state index in [0.29, 0.717) is 51.4 Å². The fourth-order valence-corrected chi connectivity index (χ4v) is 5.76. The number of nitrogens with zero attached hydrogens (tertiary/aromatic N) is 4. The molecule has 3 heterocycles. The van der Waals surface area contributed by atoms with Crippen molar-refractivity contribution in [2.75, 3.05) is 25.5 Å². The highest BCUT2D eigenvalue weighted by Gasteiger charge is 2.21. The Bertz CT molecular complexity index is 1310. The lowest BCUT2D eigenvalue weighted by atomic mass is 10.0. The Morgan fingerprint density at radius 3 is 2.81 bits per heavy atom. The molecule has 0 aliphatic carbocycles. The van der Waals surface area contributed by atoms with Crippen molar-refractivity contribution in [3.8, 4) is 11.3 Å². The van der Waals surface area contributed by atoms with Crippen LogP contribution in [0, 0.1) is 0 Å². The summed E-state index contributed by atoms with van der Waals surface area (Å²) in [7, 11) is 4.17. The van der Waals surface area contributed by atoms with E-state index >= 15 is 0 Å². The van der Waals surface area contributed by atoms with Gasteiger partial charge < -0.3 is 5.32 Å². The summed E-state index contributed by atoms with van der Waals surface area (Å²) in [4.78, 5) is 4.61. The first-order valence-corrected chi connectivity index (χ1v) is 12.2. The standard InChI is InChI=1S/C20H19BClN5O2S2/c1-26(31(28,29)19-8-4-11-30-19)10-5-9-23-18-12-17(14-6-2-3-7-16(14)22)25-20-15(21)13-24-27(18)20/h2-4,6-8,11-13,23H,5,9-10H2,1H3. The van der Waals surface area contributed by atoms with E-state index in [4.69, 9.17) is 19.4 Å². The SMILES string of the molecule is [B]c1cnn2c(NCCCN(C)S(=O)(=O)c3cccs3)cc(-c3ccccc3Cl)nc12. The molecule has 4 aromatic rings. The summed E-state index contributed by atoms with van der Waals surface area (Å²) >= 11 is 7.56. The predicted molar refractivity (Wildman–Crippen MR) is 126 cm³/mol. The maximum absolute atomic E-state index is 12.5. The Balaban J connectivity index is 1.50. The molecule has 0 aliphatic rings. The molecule has 0 aliphatic heterocycles. The summed E-state index contributed by atoms with van der Waals surface area (Å²) < 4.78 is 28.4. The van der Waals surface area contributed by atoms with Crippen molar-refractivity contribution in [1.29, 1.82) is 0 Å². The molecule has 0 atom stereocenters. The molecule has 0 bridgehead atoms. The second-order valence-electron chi connectivity index (χ2n) is 6.88. The maximum Gasteiger partial charge on any atom is 0.252 e.